The smallest absolute Gasteiger partial charge is 0.387 e. The Labute approximate surface area is 173 Å². The summed E-state index contributed by atoms with van der Waals surface area (Å²) in [7, 11) is 1.35. The largest absolute Gasteiger partial charge is 0.493 e. The molecule has 1 amide bonds. The van der Waals surface area contributed by atoms with E-state index in [1.165, 1.54) is 25.3 Å². The second-order valence-electron chi connectivity index (χ2n) is 6.99. The van der Waals surface area contributed by atoms with E-state index < -0.39 is 6.61 Å². The summed E-state index contributed by atoms with van der Waals surface area (Å²) in [6.45, 7) is 1.23. The Morgan fingerprint density at radius 3 is 2.79 bits per heavy atom. The molecule has 0 saturated carbocycles. The van der Waals surface area contributed by atoms with E-state index in [0.29, 0.717) is 11.6 Å². The molecule has 2 aromatic carbocycles. The SMILES string of the molecule is COc1ccc(C(=O)NCC2CCN(c3cc(Cl)ccc3C)C2)cc1OC(F)F. The number of nitrogens with zero attached hydrogens (tertiary/aromatic N) is 1. The van der Waals surface area contributed by atoms with Crippen molar-refractivity contribution >= 4 is 23.2 Å². The number of hydrogen-bond acceptors (Lipinski definition) is 4. The van der Waals surface area contributed by atoms with Crippen molar-refractivity contribution in [3.63, 3.8) is 0 Å². The number of halogens is 3. The van der Waals surface area contributed by atoms with Crippen molar-refractivity contribution in [2.75, 3.05) is 31.6 Å². The molecule has 0 aliphatic carbocycles. The zero-order valence-electron chi connectivity index (χ0n) is 16.3. The van der Waals surface area contributed by atoms with Crippen LogP contribution < -0.4 is 19.7 Å². The van der Waals surface area contributed by atoms with Gasteiger partial charge in [0.05, 0.1) is 7.11 Å². The molecule has 2 aromatic rings. The minimum Gasteiger partial charge on any atom is -0.493 e. The first-order chi connectivity index (χ1) is 13.9. The van der Waals surface area contributed by atoms with Crippen molar-refractivity contribution < 1.29 is 23.0 Å². The van der Waals surface area contributed by atoms with Gasteiger partial charge in [0.15, 0.2) is 11.5 Å². The van der Waals surface area contributed by atoms with Crippen LogP contribution in [0, 0.1) is 12.8 Å². The first-order valence-corrected chi connectivity index (χ1v) is 9.67. The first kappa shape index (κ1) is 21.2. The number of carbonyl (C=O) groups is 1. The maximum atomic E-state index is 12.6. The summed E-state index contributed by atoms with van der Waals surface area (Å²) in [5.74, 6) is -0.0830. The van der Waals surface area contributed by atoms with Crippen LogP contribution in [0.3, 0.4) is 0 Å². The monoisotopic (exact) mass is 424 g/mol. The summed E-state index contributed by atoms with van der Waals surface area (Å²) in [4.78, 5) is 14.7. The normalized spacial score (nSPS) is 16.2. The zero-order valence-corrected chi connectivity index (χ0v) is 17.0. The Morgan fingerprint density at radius 1 is 1.28 bits per heavy atom. The van der Waals surface area contributed by atoms with Crippen molar-refractivity contribution in [3.05, 3.63) is 52.5 Å². The third kappa shape index (κ3) is 5.29. The van der Waals surface area contributed by atoms with Crippen molar-refractivity contribution in [2.24, 2.45) is 5.92 Å². The fourth-order valence-electron chi connectivity index (χ4n) is 3.49. The van der Waals surface area contributed by atoms with E-state index in [2.05, 4.69) is 15.0 Å². The molecule has 1 fully saturated rings. The van der Waals surface area contributed by atoms with Gasteiger partial charge in [0.1, 0.15) is 0 Å². The van der Waals surface area contributed by atoms with Crippen LogP contribution >= 0.6 is 11.6 Å². The van der Waals surface area contributed by atoms with Gasteiger partial charge in [0, 0.05) is 35.9 Å². The molecular formula is C21H23ClF2N2O3. The number of carbonyl (C=O) groups excluding carboxylic acids is 1. The average Bonchev–Trinajstić information content (AvgIpc) is 3.16. The van der Waals surface area contributed by atoms with Crippen LogP contribution in [0.5, 0.6) is 11.5 Å². The van der Waals surface area contributed by atoms with Crippen molar-refractivity contribution in [1.29, 1.82) is 0 Å². The Kier molecular flexibility index (Phi) is 6.79. The minimum atomic E-state index is -3.00. The fraction of sp³-hybridized carbons (Fsp3) is 0.381. The molecule has 5 nitrogen and oxygen atoms in total. The summed E-state index contributed by atoms with van der Waals surface area (Å²) >= 11 is 6.12. The predicted molar refractivity (Wildman–Crippen MR) is 108 cm³/mol. The molecule has 1 heterocycles. The Hall–Kier alpha value is -2.54. The number of rotatable bonds is 7. The third-order valence-corrected chi connectivity index (χ3v) is 5.23. The number of nitrogens with one attached hydrogen (secondary N) is 1. The number of anilines is 1. The quantitative estimate of drug-likeness (QED) is 0.710. The van der Waals surface area contributed by atoms with E-state index in [1.807, 2.05) is 25.1 Å². The number of amides is 1. The molecule has 1 saturated heterocycles. The maximum absolute atomic E-state index is 12.6. The lowest BCUT2D eigenvalue weighted by Gasteiger charge is -2.21. The summed E-state index contributed by atoms with van der Waals surface area (Å²) in [6, 6.07) is 10.0. The Bertz CT molecular complexity index is 879. The first-order valence-electron chi connectivity index (χ1n) is 9.29. The van der Waals surface area contributed by atoms with E-state index in [9.17, 15) is 13.6 Å². The van der Waals surface area contributed by atoms with Crippen LogP contribution in [0.4, 0.5) is 14.5 Å². The highest BCUT2D eigenvalue weighted by Gasteiger charge is 2.24. The van der Waals surface area contributed by atoms with Gasteiger partial charge in [-0.25, -0.2) is 0 Å². The molecule has 156 valence electrons. The highest BCUT2D eigenvalue weighted by molar-refractivity contribution is 6.30. The zero-order chi connectivity index (χ0) is 21.0. The van der Waals surface area contributed by atoms with Gasteiger partial charge in [-0.2, -0.15) is 8.78 Å². The van der Waals surface area contributed by atoms with Gasteiger partial charge < -0.3 is 19.7 Å². The van der Waals surface area contributed by atoms with Crippen molar-refractivity contribution in [1.82, 2.24) is 5.32 Å². The molecule has 1 aliphatic rings. The lowest BCUT2D eigenvalue weighted by Crippen LogP contribution is -2.31. The molecular weight excluding hydrogens is 402 g/mol. The molecule has 0 bridgehead atoms. The molecule has 0 aromatic heterocycles. The highest BCUT2D eigenvalue weighted by Crippen LogP contribution is 2.30. The average molecular weight is 425 g/mol. The molecule has 8 heteroatoms. The summed E-state index contributed by atoms with van der Waals surface area (Å²) in [5.41, 5.74) is 2.50. The lowest BCUT2D eigenvalue weighted by atomic mass is 10.1. The molecule has 1 N–H and O–H groups in total. The number of benzene rings is 2. The molecule has 29 heavy (non-hydrogen) atoms. The molecule has 1 aliphatic heterocycles. The summed E-state index contributed by atoms with van der Waals surface area (Å²) in [6.07, 6.45) is 0.939. The second kappa shape index (κ2) is 9.31. The van der Waals surface area contributed by atoms with Gasteiger partial charge in [-0.3, -0.25) is 4.79 Å². The van der Waals surface area contributed by atoms with Crippen LogP contribution in [-0.4, -0.2) is 39.3 Å². The molecule has 1 atom stereocenters. The van der Waals surface area contributed by atoms with Gasteiger partial charge in [-0.05, 0) is 55.2 Å². The maximum Gasteiger partial charge on any atom is 0.387 e. The standard InChI is InChI=1S/C21H23ClF2N2O3/c1-13-3-5-16(22)10-17(13)26-8-7-14(12-26)11-25-20(27)15-4-6-18(28-2)19(9-15)29-21(23)24/h3-6,9-10,14,21H,7-8,11-12H2,1-2H3,(H,25,27). The predicted octanol–water partition coefficient (Wildman–Crippen LogP) is 4.51. The van der Waals surface area contributed by atoms with E-state index in [4.69, 9.17) is 16.3 Å². The van der Waals surface area contributed by atoms with Crippen LogP contribution in [0.2, 0.25) is 5.02 Å². The highest BCUT2D eigenvalue weighted by atomic mass is 35.5. The summed E-state index contributed by atoms with van der Waals surface area (Å²) in [5, 5.41) is 3.58. The second-order valence-corrected chi connectivity index (χ2v) is 7.42. The van der Waals surface area contributed by atoms with E-state index in [0.717, 1.165) is 30.8 Å². The number of ether oxygens (including phenoxy) is 2. The van der Waals surface area contributed by atoms with Gasteiger partial charge in [-0.15, -0.1) is 0 Å². The van der Waals surface area contributed by atoms with Crippen LogP contribution in [-0.2, 0) is 0 Å². The molecule has 0 radical (unpaired) electrons. The van der Waals surface area contributed by atoms with E-state index >= 15 is 0 Å². The van der Waals surface area contributed by atoms with Gasteiger partial charge in [0.25, 0.3) is 5.91 Å². The van der Waals surface area contributed by atoms with E-state index in [1.54, 1.807) is 0 Å². The topological polar surface area (TPSA) is 50.8 Å². The Morgan fingerprint density at radius 2 is 2.07 bits per heavy atom. The van der Waals surface area contributed by atoms with Gasteiger partial charge in [-0.1, -0.05) is 17.7 Å². The number of aryl methyl sites for hydroxylation is 1. The third-order valence-electron chi connectivity index (χ3n) is 4.99. The number of hydrogen-bond donors (Lipinski definition) is 1. The number of alkyl halides is 2. The number of methoxy groups -OCH3 is 1. The molecule has 0 spiro atoms. The molecule has 1 unspecified atom stereocenters. The van der Waals surface area contributed by atoms with Crippen LogP contribution in [0.15, 0.2) is 36.4 Å². The van der Waals surface area contributed by atoms with E-state index in [-0.39, 0.29) is 28.9 Å². The minimum absolute atomic E-state index is 0.144. The van der Waals surface area contributed by atoms with Crippen LogP contribution in [0.1, 0.15) is 22.3 Å². The van der Waals surface area contributed by atoms with Gasteiger partial charge >= 0.3 is 6.61 Å². The Balaban J connectivity index is 1.59. The van der Waals surface area contributed by atoms with Crippen LogP contribution in [0.25, 0.3) is 0 Å². The summed E-state index contributed by atoms with van der Waals surface area (Å²) < 4.78 is 34.5. The van der Waals surface area contributed by atoms with Gasteiger partial charge in [0.2, 0.25) is 0 Å². The van der Waals surface area contributed by atoms with Crippen molar-refractivity contribution in [2.45, 2.75) is 20.0 Å². The molecule has 3 rings (SSSR count). The van der Waals surface area contributed by atoms with Crippen molar-refractivity contribution in [3.8, 4) is 11.5 Å². The lowest BCUT2D eigenvalue weighted by molar-refractivity contribution is -0.0512. The fourth-order valence-corrected chi connectivity index (χ4v) is 3.65.